The molecule has 0 bridgehead atoms. The summed E-state index contributed by atoms with van der Waals surface area (Å²) in [5.74, 6) is 0.759. The van der Waals surface area contributed by atoms with Crippen molar-refractivity contribution >= 4 is 63.2 Å². The molecule has 47 heavy (non-hydrogen) atoms. The van der Waals surface area contributed by atoms with E-state index in [-0.39, 0.29) is 28.7 Å². The smallest absolute Gasteiger partial charge is 0.390 e. The highest BCUT2D eigenvalue weighted by Crippen LogP contribution is 2.31. The van der Waals surface area contributed by atoms with Crippen molar-refractivity contribution in [3.63, 3.8) is 0 Å². The summed E-state index contributed by atoms with van der Waals surface area (Å²) in [5, 5.41) is 19.0. The van der Waals surface area contributed by atoms with Crippen molar-refractivity contribution in [2.75, 3.05) is 31.3 Å². The number of benzene rings is 2. The van der Waals surface area contributed by atoms with Gasteiger partial charge >= 0.3 is 5.82 Å². The Morgan fingerprint density at radius 3 is 2.66 bits per heavy atom. The number of hydrogen-bond donors (Lipinski definition) is 2. The average molecular weight is 743 g/mol. The van der Waals surface area contributed by atoms with Crippen LogP contribution in [-0.2, 0) is 25.0 Å². The van der Waals surface area contributed by atoms with E-state index in [0.717, 1.165) is 5.56 Å². The highest BCUT2D eigenvalue weighted by molar-refractivity contribution is 6.32. The summed E-state index contributed by atoms with van der Waals surface area (Å²) in [6, 6.07) is 14.4. The molecule has 0 aliphatic rings. The van der Waals surface area contributed by atoms with Gasteiger partial charge in [-0.15, -0.1) is 0 Å². The number of aromatic nitrogens is 5. The van der Waals surface area contributed by atoms with E-state index < -0.39 is 4.92 Å². The summed E-state index contributed by atoms with van der Waals surface area (Å²) in [6.45, 7) is 1.10. The van der Waals surface area contributed by atoms with Crippen LogP contribution in [0.25, 0.3) is 10.9 Å². The summed E-state index contributed by atoms with van der Waals surface area (Å²) in [4.78, 5) is 40.4. The molecule has 0 unspecified atom stereocenters. The van der Waals surface area contributed by atoms with Crippen molar-refractivity contribution < 1.29 is 35.9 Å². The Balaban J connectivity index is 0.00000500. The minimum absolute atomic E-state index is 0. The van der Waals surface area contributed by atoms with Crippen LogP contribution >= 0.6 is 23.2 Å². The molecule has 0 fully saturated rings. The predicted octanol–water partition coefficient (Wildman–Crippen LogP) is 3.07. The number of pyridine rings is 1. The lowest BCUT2D eigenvalue weighted by Crippen LogP contribution is -3.00. The first-order valence-electron chi connectivity index (χ1n) is 14.0. The number of amides is 1. The number of imidazole rings is 1. The maximum Gasteiger partial charge on any atom is 0.390 e. The topological polar surface area (TPSA) is 150 Å². The van der Waals surface area contributed by atoms with Gasteiger partial charge in [0.2, 0.25) is 12.2 Å². The summed E-state index contributed by atoms with van der Waals surface area (Å²) in [6.07, 6.45) is 7.49. The largest absolute Gasteiger partial charge is 1.00 e. The number of ether oxygens (including phenoxy) is 1. The zero-order valence-corrected chi connectivity index (χ0v) is 28.6. The molecule has 3 heterocycles. The molecule has 0 radical (unpaired) electrons. The molecular weight excluding hydrogens is 713 g/mol. The van der Waals surface area contributed by atoms with Crippen LogP contribution in [0, 0.1) is 10.1 Å². The Hall–Kier alpha value is -4.63. The predicted molar refractivity (Wildman–Crippen MR) is 176 cm³/mol. The minimum atomic E-state index is -0.494. The molecule has 0 aliphatic carbocycles. The van der Waals surface area contributed by atoms with Gasteiger partial charge in [0.1, 0.15) is 36.9 Å². The zero-order valence-electron chi connectivity index (χ0n) is 25.5. The second-order valence-corrected chi connectivity index (χ2v) is 11.9. The quantitative estimate of drug-likeness (QED) is 0.0852. The molecule has 2 N–H and O–H groups in total. The van der Waals surface area contributed by atoms with Gasteiger partial charge in [-0.2, -0.15) is 0 Å². The Kier molecular flexibility index (Phi) is 11.5. The van der Waals surface area contributed by atoms with E-state index in [9.17, 15) is 14.9 Å². The molecule has 0 aliphatic heterocycles. The van der Waals surface area contributed by atoms with Crippen molar-refractivity contribution in [2.24, 2.45) is 7.05 Å². The third-order valence-electron chi connectivity index (χ3n) is 6.91. The van der Waals surface area contributed by atoms with Crippen LogP contribution in [0.1, 0.15) is 11.3 Å². The third kappa shape index (κ3) is 9.23. The van der Waals surface area contributed by atoms with Crippen LogP contribution in [0.4, 0.5) is 23.1 Å². The molecule has 1 amide bonds. The number of likely N-dealkylation sites (N-methyl/N-ethyl adjacent to an activating group) is 1. The number of nitro groups is 1. The number of hydrogen-bond acceptors (Lipinski definition) is 9. The molecule has 0 atom stereocenters. The molecule has 0 saturated carbocycles. The van der Waals surface area contributed by atoms with Crippen LogP contribution in [0.15, 0.2) is 79.5 Å². The Labute approximate surface area is 290 Å². The van der Waals surface area contributed by atoms with Crippen molar-refractivity contribution in [2.45, 2.75) is 13.2 Å². The van der Waals surface area contributed by atoms with Gasteiger partial charge in [-0.25, -0.2) is 15.0 Å². The van der Waals surface area contributed by atoms with E-state index in [1.165, 1.54) is 18.7 Å². The Morgan fingerprint density at radius 2 is 1.91 bits per heavy atom. The van der Waals surface area contributed by atoms with Crippen molar-refractivity contribution in [1.29, 1.82) is 0 Å². The van der Waals surface area contributed by atoms with Crippen LogP contribution < -0.4 is 32.4 Å². The number of carbonyl (C=O) groups is 1. The fourth-order valence-electron chi connectivity index (χ4n) is 4.61. The molecule has 2 aromatic carbocycles. The summed E-state index contributed by atoms with van der Waals surface area (Å²) in [7, 11) is 5.53. The molecular formula is C31H30BrCl2N9O4. The van der Waals surface area contributed by atoms with Crippen molar-refractivity contribution in [3.8, 4) is 5.75 Å². The standard InChI is InChI=1S/C31H29Cl2N9O4.BrH/c1-40-19-37-31(41(44)45)26(40)16-42(2,3)11-5-8-29(43)39-28-14-23-25(15-34-28)35-18-36-30(23)38-22-9-10-27(24(33)13-22)46-17-20-6-4-7-21(32)12-20;/h4-10,12-15,18-19H,11,16-17H2,1-3H3,(H-,34,35,36,38,39,43);1H/b8-5+;. The number of aryl methyl sites for hydroxylation is 1. The molecule has 244 valence electrons. The average Bonchev–Trinajstić information content (AvgIpc) is 3.36. The van der Waals surface area contributed by atoms with E-state index in [1.54, 1.807) is 48.2 Å². The second kappa shape index (κ2) is 15.3. The first kappa shape index (κ1) is 35.2. The number of rotatable bonds is 12. The molecule has 0 saturated heterocycles. The molecule has 0 spiro atoms. The fourth-order valence-corrected chi connectivity index (χ4v) is 5.06. The van der Waals surface area contributed by atoms with Gasteiger partial charge in [0.05, 0.1) is 37.4 Å². The van der Waals surface area contributed by atoms with Gasteiger partial charge in [0.25, 0.3) is 0 Å². The first-order valence-corrected chi connectivity index (χ1v) is 14.7. The van der Waals surface area contributed by atoms with Crippen molar-refractivity contribution in [3.05, 3.63) is 111 Å². The van der Waals surface area contributed by atoms with Gasteiger partial charge in [-0.05, 0) is 57.9 Å². The zero-order chi connectivity index (χ0) is 32.8. The Morgan fingerprint density at radius 1 is 1.11 bits per heavy atom. The minimum Gasteiger partial charge on any atom is -1.00 e. The monoisotopic (exact) mass is 741 g/mol. The van der Waals surface area contributed by atoms with E-state index in [2.05, 4.69) is 30.6 Å². The lowest BCUT2D eigenvalue weighted by atomic mass is 10.2. The van der Waals surface area contributed by atoms with E-state index in [1.807, 2.05) is 38.4 Å². The first-order chi connectivity index (χ1) is 22.0. The van der Waals surface area contributed by atoms with E-state index >= 15 is 0 Å². The molecule has 5 rings (SSSR count). The Bertz CT molecular complexity index is 1950. The number of fused-ring (bicyclic) bond motifs is 1. The number of halogens is 3. The molecule has 3 aromatic heterocycles. The van der Waals surface area contributed by atoms with Gasteiger partial charge in [0, 0.05) is 29.2 Å². The van der Waals surface area contributed by atoms with Crippen LogP contribution in [0.3, 0.4) is 0 Å². The number of nitrogens with zero attached hydrogens (tertiary/aromatic N) is 7. The van der Waals surface area contributed by atoms with Gasteiger partial charge in [-0.1, -0.05) is 35.3 Å². The van der Waals surface area contributed by atoms with Crippen LogP contribution in [0.2, 0.25) is 10.0 Å². The summed E-state index contributed by atoms with van der Waals surface area (Å²) < 4.78 is 7.87. The van der Waals surface area contributed by atoms with E-state index in [0.29, 0.717) is 73.9 Å². The summed E-state index contributed by atoms with van der Waals surface area (Å²) >= 11 is 12.6. The van der Waals surface area contributed by atoms with Gasteiger partial charge in [-0.3, -0.25) is 4.79 Å². The second-order valence-electron chi connectivity index (χ2n) is 11.0. The highest BCUT2D eigenvalue weighted by atomic mass is 79.9. The SMILES string of the molecule is Cn1cnc([N+](=O)[O-])c1C[N+](C)(C)C/C=C/C(=O)Nc1cc2c(Nc3ccc(OCc4cccc(Cl)c4)c(Cl)c3)ncnc2cn1.[Br-]. The van der Waals surface area contributed by atoms with Gasteiger partial charge in [0.15, 0.2) is 5.69 Å². The van der Waals surface area contributed by atoms with Crippen LogP contribution in [0.5, 0.6) is 5.75 Å². The summed E-state index contributed by atoms with van der Waals surface area (Å²) in [5.41, 5.74) is 2.66. The maximum atomic E-state index is 12.7. The normalized spacial score (nSPS) is 11.3. The molecule has 16 heteroatoms. The highest BCUT2D eigenvalue weighted by Gasteiger charge is 2.27. The van der Waals surface area contributed by atoms with E-state index in [4.69, 9.17) is 27.9 Å². The number of nitrogens with one attached hydrogen (secondary N) is 2. The fraction of sp³-hybridized carbons (Fsp3) is 0.194. The number of anilines is 3. The molecule has 13 nitrogen and oxygen atoms in total. The molecule has 5 aromatic rings. The third-order valence-corrected chi connectivity index (χ3v) is 7.44. The van der Waals surface area contributed by atoms with Gasteiger partial charge < -0.3 is 51.5 Å². The maximum absolute atomic E-state index is 12.7. The lowest BCUT2D eigenvalue weighted by molar-refractivity contribution is -0.898. The number of quaternary nitrogens is 1. The van der Waals surface area contributed by atoms with Crippen LogP contribution in [-0.4, -0.2) is 60.5 Å². The lowest BCUT2D eigenvalue weighted by Gasteiger charge is -2.27. The number of carbonyl (C=O) groups excluding carboxylic acids is 1. The van der Waals surface area contributed by atoms with Crippen molar-refractivity contribution in [1.82, 2.24) is 24.5 Å².